The summed E-state index contributed by atoms with van der Waals surface area (Å²) < 4.78 is 41.1. The van der Waals surface area contributed by atoms with E-state index in [1.54, 1.807) is 12.1 Å². The minimum atomic E-state index is -5.04. The van der Waals surface area contributed by atoms with Crippen LogP contribution in [0.2, 0.25) is 0 Å². The van der Waals surface area contributed by atoms with Crippen molar-refractivity contribution in [3.8, 4) is 0 Å². The lowest BCUT2D eigenvalue weighted by atomic mass is 9.86. The molecule has 0 spiro atoms. The summed E-state index contributed by atoms with van der Waals surface area (Å²) in [6, 6.07) is 6.27. The molecule has 0 radical (unpaired) electrons. The molecule has 1 atom stereocenters. The number of amides is 2. The maximum atomic E-state index is 13.7. The standard InChI is InChI=1S/C17H18F3N3O2S/c1-15(2,3)11-6-4-10(5-7-11)12(24)21-16(17(18,19)20)13(25)23-8-9-26-14(23)22-16/h4-7H,8-9H2,1-3H3,(H,21,24)/t16-/m0/s1. The molecular weight excluding hydrogens is 367 g/mol. The highest BCUT2D eigenvalue weighted by atomic mass is 32.2. The Hall–Kier alpha value is -2.03. The number of nitrogens with zero attached hydrogens (tertiary/aromatic N) is 2. The van der Waals surface area contributed by atoms with Gasteiger partial charge in [-0.2, -0.15) is 13.2 Å². The van der Waals surface area contributed by atoms with E-state index in [0.717, 1.165) is 22.2 Å². The number of halogens is 3. The van der Waals surface area contributed by atoms with Crippen LogP contribution in [0.4, 0.5) is 13.2 Å². The van der Waals surface area contributed by atoms with E-state index in [1.807, 2.05) is 26.1 Å². The number of benzene rings is 1. The minimum Gasteiger partial charge on any atom is -0.312 e. The van der Waals surface area contributed by atoms with Gasteiger partial charge in [-0.1, -0.05) is 44.7 Å². The van der Waals surface area contributed by atoms with Crippen LogP contribution >= 0.6 is 11.8 Å². The molecule has 1 aromatic carbocycles. The summed E-state index contributed by atoms with van der Waals surface area (Å²) in [5, 5.41) is 1.83. The highest BCUT2D eigenvalue weighted by Gasteiger charge is 2.67. The number of rotatable bonds is 2. The molecule has 0 unspecified atom stereocenters. The van der Waals surface area contributed by atoms with Gasteiger partial charge in [-0.15, -0.1) is 0 Å². The van der Waals surface area contributed by atoms with Crippen molar-refractivity contribution >= 4 is 28.7 Å². The fraction of sp³-hybridized carbons (Fsp3) is 0.471. The van der Waals surface area contributed by atoms with Gasteiger partial charge < -0.3 is 5.32 Å². The van der Waals surface area contributed by atoms with E-state index >= 15 is 0 Å². The van der Waals surface area contributed by atoms with E-state index in [9.17, 15) is 22.8 Å². The molecule has 1 N–H and O–H groups in total. The van der Waals surface area contributed by atoms with Crippen molar-refractivity contribution in [2.45, 2.75) is 38.0 Å². The molecule has 0 bridgehead atoms. The van der Waals surface area contributed by atoms with Gasteiger partial charge in [-0.25, -0.2) is 4.99 Å². The predicted octanol–water partition coefficient (Wildman–Crippen LogP) is 2.92. The lowest BCUT2D eigenvalue weighted by Crippen LogP contribution is -2.63. The first-order valence-electron chi connectivity index (χ1n) is 8.00. The minimum absolute atomic E-state index is 0.00398. The largest absolute Gasteiger partial charge is 0.442 e. The van der Waals surface area contributed by atoms with E-state index in [-0.39, 0.29) is 22.7 Å². The molecule has 2 heterocycles. The summed E-state index contributed by atoms with van der Waals surface area (Å²) in [6.45, 7) is 6.10. The van der Waals surface area contributed by atoms with Crippen LogP contribution in [-0.2, 0) is 10.2 Å². The third kappa shape index (κ3) is 2.98. The molecule has 0 saturated carbocycles. The first kappa shape index (κ1) is 18.8. The molecule has 5 nitrogen and oxygen atoms in total. The second-order valence-electron chi connectivity index (χ2n) is 7.19. The SMILES string of the molecule is CC(C)(C)c1ccc(C(=O)N[C@]2(C(F)(F)F)N=C3SCCN3C2=O)cc1. The topological polar surface area (TPSA) is 61.8 Å². The Kier molecular flexibility index (Phi) is 4.33. The van der Waals surface area contributed by atoms with Crippen LogP contribution in [-0.4, -0.2) is 46.0 Å². The van der Waals surface area contributed by atoms with Crippen molar-refractivity contribution in [1.29, 1.82) is 0 Å². The summed E-state index contributed by atoms with van der Waals surface area (Å²) in [4.78, 5) is 29.3. The second-order valence-corrected chi connectivity index (χ2v) is 8.25. The number of hydrogen-bond acceptors (Lipinski definition) is 4. The lowest BCUT2D eigenvalue weighted by molar-refractivity contribution is -0.196. The number of fused-ring (bicyclic) bond motifs is 1. The number of thioether (sulfide) groups is 1. The fourth-order valence-electron chi connectivity index (χ4n) is 2.76. The second kappa shape index (κ2) is 6.00. The zero-order chi connectivity index (χ0) is 19.3. The molecule has 26 heavy (non-hydrogen) atoms. The maximum Gasteiger partial charge on any atom is 0.442 e. The molecule has 2 amide bonds. The highest BCUT2D eigenvalue weighted by molar-refractivity contribution is 8.14. The highest BCUT2D eigenvalue weighted by Crippen LogP contribution is 2.41. The summed E-state index contributed by atoms with van der Waals surface area (Å²) in [7, 11) is 0. The van der Waals surface area contributed by atoms with Crippen LogP contribution in [0.5, 0.6) is 0 Å². The molecule has 0 aromatic heterocycles. The molecule has 1 aromatic rings. The quantitative estimate of drug-likeness (QED) is 0.852. The number of carbonyl (C=O) groups excluding carboxylic acids is 2. The Bertz CT molecular complexity index is 784. The number of alkyl halides is 3. The molecule has 0 aliphatic carbocycles. The van der Waals surface area contributed by atoms with Crippen molar-refractivity contribution in [3.63, 3.8) is 0 Å². The van der Waals surface area contributed by atoms with Crippen molar-refractivity contribution in [2.24, 2.45) is 4.99 Å². The molecule has 1 saturated heterocycles. The van der Waals surface area contributed by atoms with E-state index in [2.05, 4.69) is 4.99 Å². The normalized spacial score (nSPS) is 23.1. The van der Waals surface area contributed by atoms with Gasteiger partial charge in [0.05, 0.1) is 0 Å². The first-order valence-corrected chi connectivity index (χ1v) is 8.99. The van der Waals surface area contributed by atoms with Crippen molar-refractivity contribution in [2.75, 3.05) is 12.3 Å². The van der Waals surface area contributed by atoms with Crippen molar-refractivity contribution in [1.82, 2.24) is 10.2 Å². The monoisotopic (exact) mass is 385 g/mol. The van der Waals surface area contributed by atoms with Gasteiger partial charge in [0, 0.05) is 17.9 Å². The van der Waals surface area contributed by atoms with Crippen LogP contribution in [0, 0.1) is 0 Å². The lowest BCUT2D eigenvalue weighted by Gasteiger charge is -2.28. The molecule has 140 valence electrons. The Morgan fingerprint density at radius 2 is 1.85 bits per heavy atom. The third-order valence-electron chi connectivity index (χ3n) is 4.31. The average molecular weight is 385 g/mol. The van der Waals surface area contributed by atoms with Gasteiger partial charge in [-0.05, 0) is 23.1 Å². The summed E-state index contributed by atoms with van der Waals surface area (Å²) in [6.07, 6.45) is -5.04. The number of amidine groups is 1. The zero-order valence-corrected chi connectivity index (χ0v) is 15.3. The smallest absolute Gasteiger partial charge is 0.312 e. The van der Waals surface area contributed by atoms with Crippen LogP contribution < -0.4 is 5.32 Å². The third-order valence-corrected chi connectivity index (χ3v) is 5.27. The summed E-state index contributed by atoms with van der Waals surface area (Å²) in [5.74, 6) is -1.77. The van der Waals surface area contributed by atoms with Crippen LogP contribution in [0.15, 0.2) is 29.3 Å². The number of nitrogens with one attached hydrogen (secondary N) is 1. The van der Waals surface area contributed by atoms with Gasteiger partial charge in [0.2, 0.25) is 0 Å². The van der Waals surface area contributed by atoms with Gasteiger partial charge in [-0.3, -0.25) is 14.5 Å². The maximum absolute atomic E-state index is 13.7. The predicted molar refractivity (Wildman–Crippen MR) is 93.0 cm³/mol. The Labute approximate surface area is 153 Å². The molecule has 9 heteroatoms. The molecular formula is C17H18F3N3O2S. The number of carbonyl (C=O) groups is 2. The molecule has 3 rings (SSSR count). The van der Waals surface area contributed by atoms with Crippen molar-refractivity contribution in [3.05, 3.63) is 35.4 Å². The van der Waals surface area contributed by atoms with Crippen LogP contribution in [0.1, 0.15) is 36.7 Å². The van der Waals surface area contributed by atoms with Gasteiger partial charge in [0.15, 0.2) is 5.17 Å². The summed E-state index contributed by atoms with van der Waals surface area (Å²) in [5.41, 5.74) is -2.43. The van der Waals surface area contributed by atoms with E-state index < -0.39 is 23.7 Å². The number of aliphatic imine (C=N–C) groups is 1. The van der Waals surface area contributed by atoms with Gasteiger partial charge >= 0.3 is 11.8 Å². The Balaban J connectivity index is 1.91. The van der Waals surface area contributed by atoms with Crippen LogP contribution in [0.25, 0.3) is 0 Å². The van der Waals surface area contributed by atoms with Gasteiger partial charge in [0.25, 0.3) is 11.8 Å². The Morgan fingerprint density at radius 3 is 2.35 bits per heavy atom. The fourth-order valence-corrected chi connectivity index (χ4v) is 3.75. The van der Waals surface area contributed by atoms with E-state index in [4.69, 9.17) is 0 Å². The van der Waals surface area contributed by atoms with Gasteiger partial charge in [0.1, 0.15) is 0 Å². The number of hydrogen-bond donors (Lipinski definition) is 1. The Morgan fingerprint density at radius 1 is 1.23 bits per heavy atom. The average Bonchev–Trinajstić information content (AvgIpc) is 3.08. The molecule has 1 fully saturated rings. The van der Waals surface area contributed by atoms with E-state index in [1.165, 1.54) is 12.1 Å². The summed E-state index contributed by atoms with van der Waals surface area (Å²) >= 11 is 1.07. The van der Waals surface area contributed by atoms with E-state index in [0.29, 0.717) is 5.75 Å². The first-order chi connectivity index (χ1) is 12.0. The zero-order valence-electron chi connectivity index (χ0n) is 14.5. The van der Waals surface area contributed by atoms with Crippen LogP contribution in [0.3, 0.4) is 0 Å². The van der Waals surface area contributed by atoms with Crippen molar-refractivity contribution < 1.29 is 22.8 Å². The molecule has 2 aliphatic rings. The molecule has 2 aliphatic heterocycles.